The number of aryl methyl sites for hydroxylation is 1. The second kappa shape index (κ2) is 5.00. The first-order valence-corrected chi connectivity index (χ1v) is 6.13. The third-order valence-electron chi connectivity index (χ3n) is 3.12. The molecule has 1 aliphatic rings. The van der Waals surface area contributed by atoms with Crippen molar-refractivity contribution in [3.63, 3.8) is 0 Å². The predicted molar refractivity (Wildman–Crippen MR) is 65.1 cm³/mol. The fourth-order valence-corrected chi connectivity index (χ4v) is 2.21. The van der Waals surface area contributed by atoms with Gasteiger partial charge in [-0.05, 0) is 55.7 Å². The molecule has 0 bridgehead atoms. The number of hydrogen-bond acceptors (Lipinski definition) is 1. The van der Waals surface area contributed by atoms with Crippen molar-refractivity contribution in [2.45, 2.75) is 38.1 Å². The lowest BCUT2D eigenvalue weighted by atomic mass is 10.0. The lowest BCUT2D eigenvalue weighted by Gasteiger charge is -2.09. The first kappa shape index (κ1) is 11.0. The van der Waals surface area contributed by atoms with Crippen LogP contribution >= 0.6 is 11.6 Å². The third kappa shape index (κ3) is 3.51. The van der Waals surface area contributed by atoms with Gasteiger partial charge in [0.15, 0.2) is 0 Å². The maximum Gasteiger partial charge on any atom is 0.0408 e. The molecule has 2 heteroatoms. The first-order valence-electron chi connectivity index (χ1n) is 5.76. The van der Waals surface area contributed by atoms with E-state index < -0.39 is 0 Å². The van der Waals surface area contributed by atoms with E-state index >= 15 is 0 Å². The lowest BCUT2D eigenvalue weighted by molar-refractivity contribution is 0.528. The summed E-state index contributed by atoms with van der Waals surface area (Å²) in [5.74, 6) is 0.823. The van der Waals surface area contributed by atoms with E-state index in [-0.39, 0.29) is 0 Å². The molecule has 1 saturated carbocycles. The second-order valence-corrected chi connectivity index (χ2v) is 4.96. The van der Waals surface area contributed by atoms with Gasteiger partial charge in [-0.3, -0.25) is 0 Å². The molecule has 2 N–H and O–H groups in total. The third-order valence-corrected chi connectivity index (χ3v) is 3.35. The van der Waals surface area contributed by atoms with Crippen LogP contribution in [-0.2, 0) is 6.42 Å². The van der Waals surface area contributed by atoms with Crippen molar-refractivity contribution >= 4 is 11.6 Å². The zero-order chi connectivity index (χ0) is 10.7. The molecule has 0 aromatic heterocycles. The van der Waals surface area contributed by atoms with Crippen LogP contribution in [0.25, 0.3) is 0 Å². The van der Waals surface area contributed by atoms with Gasteiger partial charge in [-0.2, -0.15) is 0 Å². The van der Waals surface area contributed by atoms with E-state index in [2.05, 4.69) is 6.07 Å². The van der Waals surface area contributed by atoms with Crippen molar-refractivity contribution in [1.82, 2.24) is 0 Å². The summed E-state index contributed by atoms with van der Waals surface area (Å²) < 4.78 is 0. The van der Waals surface area contributed by atoms with Crippen molar-refractivity contribution in [2.75, 3.05) is 0 Å². The van der Waals surface area contributed by atoms with Crippen molar-refractivity contribution in [3.8, 4) is 0 Å². The molecule has 1 aromatic rings. The number of halogens is 1. The average molecular weight is 224 g/mol. The normalized spacial score (nSPS) is 17.7. The molecule has 1 aromatic carbocycles. The molecule has 0 amide bonds. The van der Waals surface area contributed by atoms with Gasteiger partial charge in [-0.25, -0.2) is 0 Å². The number of nitrogens with two attached hydrogens (primary N) is 1. The monoisotopic (exact) mass is 223 g/mol. The zero-order valence-corrected chi connectivity index (χ0v) is 9.71. The quantitative estimate of drug-likeness (QED) is 0.814. The Morgan fingerprint density at radius 1 is 1.40 bits per heavy atom. The van der Waals surface area contributed by atoms with E-state index in [0.717, 1.165) is 23.8 Å². The van der Waals surface area contributed by atoms with Gasteiger partial charge < -0.3 is 5.73 Å². The Morgan fingerprint density at radius 3 is 2.87 bits per heavy atom. The molecule has 82 valence electrons. The molecule has 0 aliphatic heterocycles. The highest BCUT2D eigenvalue weighted by Crippen LogP contribution is 2.33. The molecule has 1 fully saturated rings. The fourth-order valence-electron chi connectivity index (χ4n) is 1.99. The smallest absolute Gasteiger partial charge is 0.0408 e. The highest BCUT2D eigenvalue weighted by molar-refractivity contribution is 6.30. The second-order valence-electron chi connectivity index (χ2n) is 4.52. The largest absolute Gasteiger partial charge is 0.327 e. The topological polar surface area (TPSA) is 26.0 Å². The van der Waals surface area contributed by atoms with Gasteiger partial charge in [0.1, 0.15) is 0 Å². The van der Waals surface area contributed by atoms with Gasteiger partial charge in [0.25, 0.3) is 0 Å². The van der Waals surface area contributed by atoms with E-state index in [9.17, 15) is 0 Å². The Hall–Kier alpha value is -0.530. The van der Waals surface area contributed by atoms with Gasteiger partial charge in [-0.15, -0.1) is 0 Å². The molecule has 1 atom stereocenters. The molecule has 2 rings (SSSR count). The molecule has 0 heterocycles. The van der Waals surface area contributed by atoms with Crippen molar-refractivity contribution in [1.29, 1.82) is 0 Å². The Balaban J connectivity index is 1.73. The average Bonchev–Trinajstić information content (AvgIpc) is 3.00. The van der Waals surface area contributed by atoms with E-state index in [1.165, 1.54) is 24.8 Å². The maximum atomic E-state index is 6.05. The van der Waals surface area contributed by atoms with Crippen molar-refractivity contribution in [2.24, 2.45) is 11.7 Å². The number of hydrogen-bond donors (Lipinski definition) is 1. The molecule has 1 unspecified atom stereocenters. The number of rotatable bonds is 5. The summed E-state index contributed by atoms with van der Waals surface area (Å²) in [6, 6.07) is 8.54. The van der Waals surface area contributed by atoms with Crippen molar-refractivity contribution in [3.05, 3.63) is 34.9 Å². The minimum Gasteiger partial charge on any atom is -0.327 e. The summed E-state index contributed by atoms with van der Waals surface area (Å²) in [5, 5.41) is 0.832. The van der Waals surface area contributed by atoms with Gasteiger partial charge >= 0.3 is 0 Å². The van der Waals surface area contributed by atoms with Gasteiger partial charge in [0, 0.05) is 11.1 Å². The summed E-state index contributed by atoms with van der Waals surface area (Å²) in [4.78, 5) is 0. The summed E-state index contributed by atoms with van der Waals surface area (Å²) in [7, 11) is 0. The SMILES string of the molecule is NC(CCCc1cccc(Cl)c1)C1CC1. The number of benzene rings is 1. The summed E-state index contributed by atoms with van der Waals surface area (Å²) in [5.41, 5.74) is 7.37. The van der Waals surface area contributed by atoms with Crippen LogP contribution in [0.3, 0.4) is 0 Å². The lowest BCUT2D eigenvalue weighted by Crippen LogP contribution is -2.22. The molecular weight excluding hydrogens is 206 g/mol. The molecule has 0 saturated heterocycles. The van der Waals surface area contributed by atoms with Crippen LogP contribution < -0.4 is 5.73 Å². The molecule has 15 heavy (non-hydrogen) atoms. The van der Waals surface area contributed by atoms with Gasteiger partial charge in [0.2, 0.25) is 0 Å². The van der Waals surface area contributed by atoms with E-state index in [0.29, 0.717) is 6.04 Å². The summed E-state index contributed by atoms with van der Waals surface area (Å²) in [6.07, 6.45) is 6.12. The molecule has 1 aliphatic carbocycles. The van der Waals surface area contributed by atoms with Gasteiger partial charge in [0.05, 0.1) is 0 Å². The van der Waals surface area contributed by atoms with Gasteiger partial charge in [-0.1, -0.05) is 23.7 Å². The zero-order valence-electron chi connectivity index (χ0n) is 8.95. The minimum absolute atomic E-state index is 0.434. The predicted octanol–water partition coefficient (Wildman–Crippen LogP) is 3.40. The van der Waals surface area contributed by atoms with Crippen LogP contribution in [0.4, 0.5) is 0 Å². The highest BCUT2D eigenvalue weighted by atomic mass is 35.5. The Kier molecular flexibility index (Phi) is 3.66. The molecular formula is C13H18ClN. The molecule has 1 nitrogen and oxygen atoms in total. The van der Waals surface area contributed by atoms with Crippen LogP contribution in [0.1, 0.15) is 31.2 Å². The highest BCUT2D eigenvalue weighted by Gasteiger charge is 2.27. The maximum absolute atomic E-state index is 6.05. The van der Waals surface area contributed by atoms with Crippen LogP contribution in [-0.4, -0.2) is 6.04 Å². The molecule has 0 spiro atoms. The van der Waals surface area contributed by atoms with Crippen LogP contribution in [0, 0.1) is 5.92 Å². The van der Waals surface area contributed by atoms with Crippen LogP contribution in [0.2, 0.25) is 5.02 Å². The van der Waals surface area contributed by atoms with Crippen LogP contribution in [0.5, 0.6) is 0 Å². The Morgan fingerprint density at radius 2 is 2.20 bits per heavy atom. The van der Waals surface area contributed by atoms with Crippen molar-refractivity contribution < 1.29 is 0 Å². The van der Waals surface area contributed by atoms with E-state index in [4.69, 9.17) is 17.3 Å². The summed E-state index contributed by atoms with van der Waals surface area (Å²) >= 11 is 5.92. The Bertz CT molecular complexity index is 320. The van der Waals surface area contributed by atoms with E-state index in [1.54, 1.807) is 0 Å². The molecule has 0 radical (unpaired) electrons. The first-order chi connectivity index (χ1) is 7.25. The fraction of sp³-hybridized carbons (Fsp3) is 0.538. The Labute approximate surface area is 96.6 Å². The standard InChI is InChI=1S/C13H18ClN/c14-12-5-1-3-10(9-12)4-2-6-13(15)11-7-8-11/h1,3,5,9,11,13H,2,4,6-8,15H2. The summed E-state index contributed by atoms with van der Waals surface area (Å²) in [6.45, 7) is 0. The minimum atomic E-state index is 0.434. The van der Waals surface area contributed by atoms with Crippen LogP contribution in [0.15, 0.2) is 24.3 Å². The van der Waals surface area contributed by atoms with E-state index in [1.807, 2.05) is 18.2 Å².